The molecule has 69 heavy (non-hydrogen) atoms. The van der Waals surface area contributed by atoms with Gasteiger partial charge in [0.05, 0.1) is 5.56 Å². The normalized spacial score (nSPS) is 11.7. The Labute approximate surface area is 421 Å². The third-order valence-electron chi connectivity index (χ3n) is 12.2. The van der Waals surface area contributed by atoms with Crippen LogP contribution in [0.5, 0.6) is 0 Å². The smallest absolute Gasteiger partial charge is 0.305 e. The minimum Gasteiger partial charge on any atom is -0.305 e. The molecule has 0 unspecified atom stereocenters. The first-order valence-corrected chi connectivity index (χ1v) is 22.5. The molecule has 3 heterocycles. The fourth-order valence-electron chi connectivity index (χ4n) is 8.62. The Morgan fingerprint density at radius 3 is 1.61 bits per heavy atom. The van der Waals surface area contributed by atoms with Crippen molar-refractivity contribution in [3.05, 3.63) is 258 Å². The molecule has 4 nitrogen and oxygen atoms in total. The van der Waals surface area contributed by atoms with Gasteiger partial charge in [-0.25, -0.2) is 4.39 Å². The molecular weight excluding hydrogens is 1020 g/mol. The summed E-state index contributed by atoms with van der Waals surface area (Å²) in [5.41, 5.74) is 17.4. The molecule has 0 aliphatic rings. The average Bonchev–Trinajstić information content (AvgIpc) is 3.42. The van der Waals surface area contributed by atoms with Crippen LogP contribution in [0.25, 0.3) is 78.3 Å². The number of benzene rings is 7. The van der Waals surface area contributed by atoms with Crippen LogP contribution in [0.4, 0.5) is 4.39 Å². The molecule has 10 rings (SSSR count). The monoisotopic (exact) mass is 1070 g/mol. The number of nitriles is 1. The molecule has 3 aromatic heterocycles. The number of hydrogen-bond donors (Lipinski definition) is 0. The molecule has 0 atom stereocenters. The largest absolute Gasteiger partial charge is 3.00 e. The number of halogens is 1. The molecule has 0 spiro atoms. The third kappa shape index (κ3) is 10.8. The van der Waals surface area contributed by atoms with Crippen molar-refractivity contribution in [2.45, 2.75) is 32.5 Å². The van der Waals surface area contributed by atoms with Crippen molar-refractivity contribution in [3.8, 4) is 84.3 Å². The predicted octanol–water partition coefficient (Wildman–Crippen LogP) is 14.8. The van der Waals surface area contributed by atoms with Crippen molar-refractivity contribution in [1.29, 1.82) is 5.26 Å². The predicted molar refractivity (Wildman–Crippen MR) is 271 cm³/mol. The molecule has 10 aromatic rings. The maximum absolute atomic E-state index is 14.8. The van der Waals surface area contributed by atoms with Crippen molar-refractivity contribution in [2.75, 3.05) is 0 Å². The van der Waals surface area contributed by atoms with Gasteiger partial charge in [-0.2, -0.15) is 5.26 Å². The molecule has 0 radical (unpaired) electrons. The summed E-state index contributed by atoms with van der Waals surface area (Å²) in [6.45, 7) is -2.28. The van der Waals surface area contributed by atoms with Crippen LogP contribution in [0.15, 0.2) is 201 Å². The van der Waals surface area contributed by atoms with Crippen molar-refractivity contribution in [1.82, 2.24) is 15.0 Å². The van der Waals surface area contributed by atoms with Crippen molar-refractivity contribution >= 4 is 0 Å². The number of hydrogen-bond acceptors (Lipinski definition) is 4. The number of aryl methyl sites for hydroxylation is 5. The Morgan fingerprint density at radius 2 is 1.06 bits per heavy atom. The summed E-state index contributed by atoms with van der Waals surface area (Å²) in [5.74, 6) is -0.567. The fourth-order valence-corrected chi connectivity index (χ4v) is 8.62. The zero-order valence-corrected chi connectivity index (χ0v) is 39.8. The van der Waals surface area contributed by atoms with Crippen LogP contribution in [-0.2, 0) is 45.8 Å². The first-order chi connectivity index (χ1) is 34.6. The first kappa shape index (κ1) is 42.4. The van der Waals surface area contributed by atoms with Crippen molar-refractivity contribution in [2.24, 2.45) is 0 Å². The Hall–Kier alpha value is -7.94. The van der Waals surface area contributed by atoms with E-state index in [0.717, 1.165) is 87.1 Å². The average molecular weight is 1070 g/mol. The third-order valence-corrected chi connectivity index (χ3v) is 12.2. The van der Waals surface area contributed by atoms with Gasteiger partial charge in [-0.1, -0.05) is 139 Å². The van der Waals surface area contributed by atoms with E-state index in [1.165, 1.54) is 40.6 Å². The van der Waals surface area contributed by atoms with Crippen LogP contribution < -0.4 is 0 Å². The topological polar surface area (TPSA) is 62.5 Å². The molecule has 7 aromatic carbocycles. The molecule has 0 aliphatic carbocycles. The van der Waals surface area contributed by atoms with Gasteiger partial charge in [-0.3, -0.25) is 0 Å². The van der Waals surface area contributed by atoms with Crippen LogP contribution in [-0.4, -0.2) is 15.0 Å². The van der Waals surface area contributed by atoms with Gasteiger partial charge < -0.3 is 15.0 Å². The second-order valence-electron chi connectivity index (χ2n) is 16.7. The standard InChI is InChI=1S/C63H44FN4.Ir/c1-43-12-33-63(68-42-43)53-31-32-58(59(39-53)49-27-25-48(26-28-49)52-29-30-54(41-65)60(64)40-52)57-9-3-2-8-56(57)55-37-46(15-13-44-17-21-50(22-18-44)61-10-4-6-34-66-61)36-47(38-55)16-14-45-19-23-51(24-20-45)62-11-5-7-35-67-62;/h2-12,17-21,23,25-30,32-40,42H,13-16H2,1H3;/q-3;+3/i1D3;. The second kappa shape index (κ2) is 21.3. The summed E-state index contributed by atoms with van der Waals surface area (Å²) in [6.07, 6.45) is 8.31. The van der Waals surface area contributed by atoms with E-state index < -0.39 is 12.7 Å². The van der Waals surface area contributed by atoms with Gasteiger partial charge in [0.1, 0.15) is 11.9 Å². The zero-order chi connectivity index (χ0) is 48.7. The first-order valence-electron chi connectivity index (χ1n) is 24.0. The molecule has 0 fully saturated rings. The molecule has 332 valence electrons. The van der Waals surface area contributed by atoms with E-state index in [1.807, 2.05) is 78.9 Å². The minimum absolute atomic E-state index is 0. The van der Waals surface area contributed by atoms with Gasteiger partial charge in [-0.15, -0.1) is 94.5 Å². The summed E-state index contributed by atoms with van der Waals surface area (Å²) in [7, 11) is 0. The summed E-state index contributed by atoms with van der Waals surface area (Å²) >= 11 is 0. The maximum atomic E-state index is 14.8. The van der Waals surface area contributed by atoms with Gasteiger partial charge >= 0.3 is 20.1 Å². The van der Waals surface area contributed by atoms with Crippen LogP contribution in [0.1, 0.15) is 37.5 Å². The summed E-state index contributed by atoms with van der Waals surface area (Å²) in [5, 5.41) is 9.32. The van der Waals surface area contributed by atoms with Crippen molar-refractivity contribution in [3.63, 3.8) is 0 Å². The zero-order valence-electron chi connectivity index (χ0n) is 40.4. The van der Waals surface area contributed by atoms with Gasteiger partial charge in [0.2, 0.25) is 0 Å². The van der Waals surface area contributed by atoms with Gasteiger partial charge in [-0.05, 0) is 106 Å². The Morgan fingerprint density at radius 1 is 0.478 bits per heavy atom. The Kier molecular flexibility index (Phi) is 13.1. The van der Waals surface area contributed by atoms with Gasteiger partial charge in [0, 0.05) is 22.7 Å². The van der Waals surface area contributed by atoms with Crippen LogP contribution >= 0.6 is 0 Å². The Balaban J connectivity index is 0.00000640. The SMILES string of the molecule is [2H]C([2H])([2H])c1ccc(-c2[c-]cc(-c3ccccc3-c3cc(CCc4c[c-]c(-c5ccccn5)cc4)cc(CCc4c[c-]c(-c5ccccn5)cc4)c3)c(-c3ccc(-c4ccc(C#N)c(F)c4)cc3)c2)nc1.[Ir+3]. The van der Waals surface area contributed by atoms with Crippen LogP contribution in [0.2, 0.25) is 0 Å². The number of rotatable bonds is 13. The molecular formula is C63H44FIrN4. The van der Waals surface area contributed by atoms with E-state index in [4.69, 9.17) is 4.11 Å². The van der Waals surface area contributed by atoms with Gasteiger partial charge in [0.15, 0.2) is 0 Å². The van der Waals surface area contributed by atoms with E-state index in [1.54, 1.807) is 30.6 Å². The van der Waals surface area contributed by atoms with E-state index in [-0.39, 0.29) is 31.2 Å². The number of pyridine rings is 3. The molecule has 0 N–H and O–H groups in total. The second-order valence-corrected chi connectivity index (χ2v) is 16.7. The minimum atomic E-state index is -2.28. The molecule has 0 amide bonds. The molecule has 0 bridgehead atoms. The number of aromatic nitrogens is 3. The van der Waals surface area contributed by atoms with E-state index >= 15 is 0 Å². The molecule has 6 heteroatoms. The van der Waals surface area contributed by atoms with E-state index in [0.29, 0.717) is 16.8 Å². The van der Waals surface area contributed by atoms with Crippen LogP contribution in [0.3, 0.4) is 0 Å². The molecule has 0 saturated carbocycles. The fraction of sp³-hybridized carbons (Fsp3) is 0.0794. The Bertz CT molecular complexity index is 3400. The van der Waals surface area contributed by atoms with Gasteiger partial charge in [0.25, 0.3) is 0 Å². The molecule has 0 aliphatic heterocycles. The summed E-state index contributed by atoms with van der Waals surface area (Å²) in [6, 6.07) is 72.1. The summed E-state index contributed by atoms with van der Waals surface area (Å²) < 4.78 is 38.4. The summed E-state index contributed by atoms with van der Waals surface area (Å²) in [4.78, 5) is 13.6. The quantitative estimate of drug-likeness (QED) is 0.108. The van der Waals surface area contributed by atoms with Crippen LogP contribution in [0, 0.1) is 42.2 Å². The van der Waals surface area contributed by atoms with Crippen molar-refractivity contribution < 1.29 is 28.6 Å². The maximum Gasteiger partial charge on any atom is 3.00 e. The molecule has 0 saturated heterocycles. The number of nitrogens with zero attached hydrogens (tertiary/aromatic N) is 4. The van der Waals surface area contributed by atoms with E-state index in [9.17, 15) is 9.65 Å². The van der Waals surface area contributed by atoms with E-state index in [2.05, 4.69) is 112 Å².